The van der Waals surface area contributed by atoms with Gasteiger partial charge in [-0.25, -0.2) is 0 Å². The molecule has 150 valence electrons. The summed E-state index contributed by atoms with van der Waals surface area (Å²) < 4.78 is 10.4. The average molecular weight is 411 g/mol. The van der Waals surface area contributed by atoms with Gasteiger partial charge < -0.3 is 15.2 Å². The Morgan fingerprint density at radius 3 is 2.41 bits per heavy atom. The molecule has 29 heavy (non-hydrogen) atoms. The van der Waals surface area contributed by atoms with Gasteiger partial charge in [0.05, 0.1) is 5.02 Å². The zero-order valence-electron chi connectivity index (χ0n) is 16.6. The number of halogens is 1. The summed E-state index contributed by atoms with van der Waals surface area (Å²) in [5.41, 5.74) is 11.4. The molecule has 0 spiro atoms. The first-order valence-corrected chi connectivity index (χ1v) is 9.51. The predicted octanol–water partition coefficient (Wildman–Crippen LogP) is 5.01. The number of anilines is 1. The molecule has 0 fully saturated rings. The van der Waals surface area contributed by atoms with Crippen LogP contribution < -0.4 is 5.73 Å². The summed E-state index contributed by atoms with van der Waals surface area (Å²) in [6.07, 6.45) is 1.22. The second-order valence-electron chi connectivity index (χ2n) is 6.68. The molecule has 2 aromatic carbocycles. The molecule has 5 nitrogen and oxygen atoms in total. The molecule has 0 unspecified atom stereocenters. The van der Waals surface area contributed by atoms with Crippen LogP contribution in [0.3, 0.4) is 0 Å². The van der Waals surface area contributed by atoms with Gasteiger partial charge in [-0.15, -0.1) is 0 Å². The number of carbonyl (C=O) groups is 1. The lowest BCUT2D eigenvalue weighted by molar-refractivity contribution is -0.106. The number of benzene rings is 2. The van der Waals surface area contributed by atoms with E-state index >= 15 is 0 Å². The molecule has 0 aliphatic rings. The van der Waals surface area contributed by atoms with E-state index in [1.165, 1.54) is 0 Å². The van der Waals surface area contributed by atoms with Crippen molar-refractivity contribution in [3.63, 3.8) is 0 Å². The number of ketones is 1. The maximum absolute atomic E-state index is 12.8. The molecule has 0 amide bonds. The highest BCUT2D eigenvalue weighted by Crippen LogP contribution is 2.35. The molecular formula is C23H23ClN2O3. The number of methoxy groups -OCH3 is 2. The summed E-state index contributed by atoms with van der Waals surface area (Å²) in [6.45, 7) is 1.96. The standard InChI is InChI=1S/C23H23ClN2O3/c1-14-17(7-5-9-19(14)25)18-8-4-6-15(22(18)24)12-21(27)20-11-10-16(13-26-20)23(28-2)29-3/h4-11,13,23H,12,25H2,1-3H3. The van der Waals surface area contributed by atoms with Gasteiger partial charge in [0.15, 0.2) is 12.1 Å². The fourth-order valence-electron chi connectivity index (χ4n) is 3.21. The van der Waals surface area contributed by atoms with Crippen LogP contribution in [0.5, 0.6) is 0 Å². The molecule has 0 radical (unpaired) electrons. The lowest BCUT2D eigenvalue weighted by Crippen LogP contribution is -2.09. The number of rotatable bonds is 7. The second kappa shape index (κ2) is 9.18. The number of nitrogens with zero attached hydrogens (tertiary/aromatic N) is 1. The number of hydrogen-bond acceptors (Lipinski definition) is 5. The molecule has 0 aliphatic carbocycles. The highest BCUT2D eigenvalue weighted by Gasteiger charge is 2.16. The normalized spacial score (nSPS) is 11.1. The zero-order chi connectivity index (χ0) is 21.0. The Kier molecular flexibility index (Phi) is 6.64. The van der Waals surface area contributed by atoms with Crippen LogP contribution in [0.15, 0.2) is 54.7 Å². The SMILES string of the molecule is COC(OC)c1ccc(C(=O)Cc2cccc(-c3cccc(N)c3C)c2Cl)nc1. The molecule has 3 aromatic rings. The van der Waals surface area contributed by atoms with Crippen molar-refractivity contribution in [2.75, 3.05) is 20.0 Å². The smallest absolute Gasteiger partial charge is 0.185 e. The highest BCUT2D eigenvalue weighted by molar-refractivity contribution is 6.34. The summed E-state index contributed by atoms with van der Waals surface area (Å²) in [4.78, 5) is 17.0. The first-order chi connectivity index (χ1) is 14.0. The van der Waals surface area contributed by atoms with E-state index in [0.29, 0.717) is 16.4 Å². The van der Waals surface area contributed by atoms with Crippen LogP contribution in [0.1, 0.15) is 33.5 Å². The van der Waals surface area contributed by atoms with Gasteiger partial charge in [0, 0.05) is 43.7 Å². The molecule has 6 heteroatoms. The lowest BCUT2D eigenvalue weighted by atomic mass is 9.96. The van der Waals surface area contributed by atoms with E-state index in [9.17, 15) is 4.79 Å². The van der Waals surface area contributed by atoms with Gasteiger partial charge >= 0.3 is 0 Å². The third-order valence-electron chi connectivity index (χ3n) is 4.87. The summed E-state index contributed by atoms with van der Waals surface area (Å²) in [7, 11) is 3.09. The Hall–Kier alpha value is -2.73. The Morgan fingerprint density at radius 1 is 1.07 bits per heavy atom. The maximum atomic E-state index is 12.8. The van der Waals surface area contributed by atoms with Crippen molar-refractivity contribution in [1.82, 2.24) is 4.98 Å². The molecule has 3 rings (SSSR count). The van der Waals surface area contributed by atoms with E-state index < -0.39 is 6.29 Å². The molecule has 0 saturated heterocycles. The highest BCUT2D eigenvalue weighted by atomic mass is 35.5. The fourth-order valence-corrected chi connectivity index (χ4v) is 3.51. The van der Waals surface area contributed by atoms with Crippen molar-refractivity contribution >= 4 is 23.1 Å². The predicted molar refractivity (Wildman–Crippen MR) is 115 cm³/mol. The number of hydrogen-bond donors (Lipinski definition) is 1. The fraction of sp³-hybridized carbons (Fsp3) is 0.217. The number of nitrogens with two attached hydrogens (primary N) is 1. The number of pyridine rings is 1. The van der Waals surface area contributed by atoms with Crippen LogP contribution in [0.4, 0.5) is 5.69 Å². The second-order valence-corrected chi connectivity index (χ2v) is 7.06. The molecular weight excluding hydrogens is 388 g/mol. The zero-order valence-corrected chi connectivity index (χ0v) is 17.4. The quantitative estimate of drug-likeness (QED) is 0.336. The number of aromatic nitrogens is 1. The van der Waals surface area contributed by atoms with Crippen LogP contribution in [-0.2, 0) is 15.9 Å². The van der Waals surface area contributed by atoms with Gasteiger partial charge in [0.1, 0.15) is 5.69 Å². The minimum Gasteiger partial charge on any atom is -0.398 e. The Morgan fingerprint density at radius 2 is 1.76 bits per heavy atom. The molecule has 0 bridgehead atoms. The van der Waals surface area contributed by atoms with Gasteiger partial charge in [-0.2, -0.15) is 0 Å². The van der Waals surface area contributed by atoms with E-state index in [-0.39, 0.29) is 12.2 Å². The van der Waals surface area contributed by atoms with Crippen molar-refractivity contribution in [2.24, 2.45) is 0 Å². The topological polar surface area (TPSA) is 74.4 Å². The molecule has 0 aliphatic heterocycles. The van der Waals surface area contributed by atoms with Crippen molar-refractivity contribution in [1.29, 1.82) is 0 Å². The minimum absolute atomic E-state index is 0.119. The molecule has 0 atom stereocenters. The number of carbonyl (C=O) groups excluding carboxylic acids is 1. The molecule has 0 saturated carbocycles. The third kappa shape index (κ3) is 4.48. The van der Waals surface area contributed by atoms with Crippen LogP contribution in [0.2, 0.25) is 5.02 Å². The van der Waals surface area contributed by atoms with Gasteiger partial charge in [-0.05, 0) is 35.7 Å². The van der Waals surface area contributed by atoms with Gasteiger partial charge in [-0.3, -0.25) is 9.78 Å². The van der Waals surface area contributed by atoms with Crippen LogP contribution in [-0.4, -0.2) is 25.0 Å². The van der Waals surface area contributed by atoms with Crippen LogP contribution >= 0.6 is 11.6 Å². The summed E-state index contributed by atoms with van der Waals surface area (Å²) in [5, 5.41) is 0.546. The first-order valence-electron chi connectivity index (χ1n) is 9.13. The van der Waals surface area contributed by atoms with E-state index in [4.69, 9.17) is 26.8 Å². The first kappa shape index (κ1) is 21.0. The van der Waals surface area contributed by atoms with E-state index in [2.05, 4.69) is 4.98 Å². The monoisotopic (exact) mass is 410 g/mol. The Balaban J connectivity index is 1.85. The summed E-state index contributed by atoms with van der Waals surface area (Å²) >= 11 is 6.66. The van der Waals surface area contributed by atoms with Crippen molar-refractivity contribution in [3.05, 3.63) is 82.1 Å². The van der Waals surface area contributed by atoms with Crippen molar-refractivity contribution in [2.45, 2.75) is 19.6 Å². The summed E-state index contributed by atoms with van der Waals surface area (Å²) in [5.74, 6) is -0.119. The Bertz CT molecular complexity index is 1020. The largest absolute Gasteiger partial charge is 0.398 e. The minimum atomic E-state index is -0.515. The van der Waals surface area contributed by atoms with Crippen LogP contribution in [0.25, 0.3) is 11.1 Å². The third-order valence-corrected chi connectivity index (χ3v) is 5.31. The number of nitrogen functional groups attached to an aromatic ring is 1. The Labute approximate surface area is 175 Å². The van der Waals surface area contributed by atoms with Gasteiger partial charge in [-0.1, -0.05) is 48.0 Å². The lowest BCUT2D eigenvalue weighted by Gasteiger charge is -2.14. The average Bonchev–Trinajstić information content (AvgIpc) is 2.73. The number of Topliss-reactive ketones (excluding diaryl/α,β-unsaturated/α-hetero) is 1. The molecule has 1 heterocycles. The maximum Gasteiger partial charge on any atom is 0.185 e. The van der Waals surface area contributed by atoms with Crippen molar-refractivity contribution < 1.29 is 14.3 Å². The van der Waals surface area contributed by atoms with E-state index in [1.807, 2.05) is 43.3 Å². The van der Waals surface area contributed by atoms with E-state index in [0.717, 1.165) is 27.8 Å². The summed E-state index contributed by atoms with van der Waals surface area (Å²) in [6, 6.07) is 14.8. The molecule has 1 aromatic heterocycles. The van der Waals surface area contributed by atoms with Crippen LogP contribution in [0, 0.1) is 6.92 Å². The van der Waals surface area contributed by atoms with Gasteiger partial charge in [0.2, 0.25) is 0 Å². The van der Waals surface area contributed by atoms with E-state index in [1.54, 1.807) is 32.5 Å². The number of ether oxygens (including phenoxy) is 2. The molecule has 2 N–H and O–H groups in total. The van der Waals surface area contributed by atoms with Crippen molar-refractivity contribution in [3.8, 4) is 11.1 Å². The van der Waals surface area contributed by atoms with Gasteiger partial charge in [0.25, 0.3) is 0 Å².